The van der Waals surface area contributed by atoms with Crippen LogP contribution in [0.3, 0.4) is 0 Å². The van der Waals surface area contributed by atoms with Gasteiger partial charge >= 0.3 is 0 Å². The van der Waals surface area contributed by atoms with Gasteiger partial charge in [0, 0.05) is 6.20 Å². The van der Waals surface area contributed by atoms with Crippen molar-refractivity contribution in [2.75, 3.05) is 0 Å². The molecule has 0 amide bonds. The first-order valence-corrected chi connectivity index (χ1v) is 3.32. The fourth-order valence-corrected chi connectivity index (χ4v) is 0.792. The van der Waals surface area contributed by atoms with Crippen molar-refractivity contribution in [3.63, 3.8) is 0 Å². The van der Waals surface area contributed by atoms with E-state index < -0.39 is 12.1 Å². The van der Waals surface area contributed by atoms with Crippen LogP contribution in [0.25, 0.3) is 0 Å². The van der Waals surface area contributed by atoms with Gasteiger partial charge in [0.05, 0.1) is 17.2 Å². The Hall–Kier alpha value is -1.83. The Kier molecular flexibility index (Phi) is 2.65. The molecular weight excluding hydrogens is 178 g/mol. The highest BCUT2D eigenvalue weighted by Gasteiger charge is 2.11. The molecule has 0 atom stereocenters. The standard InChI is InChI=1S/C8H4F2N2O/c9-8(10)7-1-5(2-11)6(4-13)3-12-7/h1,3-4,8H. The van der Waals surface area contributed by atoms with Crippen LogP contribution >= 0.6 is 0 Å². The molecule has 1 aromatic heterocycles. The highest BCUT2D eigenvalue weighted by atomic mass is 19.3. The van der Waals surface area contributed by atoms with E-state index in [1.807, 2.05) is 0 Å². The number of hydrogen-bond donors (Lipinski definition) is 0. The van der Waals surface area contributed by atoms with Crippen LogP contribution in [0.15, 0.2) is 12.3 Å². The number of nitrogens with zero attached hydrogens (tertiary/aromatic N) is 2. The van der Waals surface area contributed by atoms with Crippen molar-refractivity contribution < 1.29 is 13.6 Å². The van der Waals surface area contributed by atoms with E-state index in [0.29, 0.717) is 6.29 Å². The highest BCUT2D eigenvalue weighted by molar-refractivity contribution is 5.78. The van der Waals surface area contributed by atoms with Gasteiger partial charge in [-0.3, -0.25) is 9.78 Å². The van der Waals surface area contributed by atoms with E-state index in [4.69, 9.17) is 5.26 Å². The Labute approximate surface area is 72.6 Å². The van der Waals surface area contributed by atoms with E-state index in [0.717, 1.165) is 12.3 Å². The predicted octanol–water partition coefficient (Wildman–Crippen LogP) is 1.70. The summed E-state index contributed by atoms with van der Waals surface area (Å²) in [6.45, 7) is 0. The molecule has 0 aromatic carbocycles. The summed E-state index contributed by atoms with van der Waals surface area (Å²) in [6, 6.07) is 2.55. The SMILES string of the molecule is N#Cc1cc(C(F)F)ncc1C=O. The molecule has 1 rings (SSSR count). The normalized spacial score (nSPS) is 9.69. The molecule has 0 aliphatic carbocycles. The molecule has 0 aliphatic rings. The van der Waals surface area contributed by atoms with Crippen LogP contribution in [0.2, 0.25) is 0 Å². The minimum absolute atomic E-state index is 0.0203. The summed E-state index contributed by atoms with van der Waals surface area (Å²) < 4.78 is 24.1. The monoisotopic (exact) mass is 182 g/mol. The zero-order chi connectivity index (χ0) is 9.84. The molecule has 0 saturated carbocycles. The van der Waals surface area contributed by atoms with E-state index in [1.54, 1.807) is 6.07 Å². The van der Waals surface area contributed by atoms with Crippen molar-refractivity contribution in [1.82, 2.24) is 4.98 Å². The number of pyridine rings is 1. The van der Waals surface area contributed by atoms with Gasteiger partial charge in [0.15, 0.2) is 6.29 Å². The molecule has 3 nitrogen and oxygen atoms in total. The molecule has 13 heavy (non-hydrogen) atoms. The van der Waals surface area contributed by atoms with Crippen molar-refractivity contribution in [2.45, 2.75) is 6.43 Å². The van der Waals surface area contributed by atoms with Crippen LogP contribution in [0, 0.1) is 11.3 Å². The minimum Gasteiger partial charge on any atom is -0.298 e. The van der Waals surface area contributed by atoms with Gasteiger partial charge in [0.2, 0.25) is 0 Å². The van der Waals surface area contributed by atoms with E-state index in [2.05, 4.69) is 4.98 Å². The van der Waals surface area contributed by atoms with Crippen LogP contribution in [-0.4, -0.2) is 11.3 Å². The van der Waals surface area contributed by atoms with E-state index in [-0.39, 0.29) is 11.1 Å². The number of halogens is 2. The number of hydrogen-bond acceptors (Lipinski definition) is 3. The lowest BCUT2D eigenvalue weighted by Gasteiger charge is -1.99. The first-order chi connectivity index (χ1) is 6.19. The van der Waals surface area contributed by atoms with Gasteiger partial charge < -0.3 is 0 Å². The molecule has 0 N–H and O–H groups in total. The molecule has 66 valence electrons. The van der Waals surface area contributed by atoms with Gasteiger partial charge in [-0.05, 0) is 6.07 Å². The summed E-state index contributed by atoms with van der Waals surface area (Å²) in [6.07, 6.45) is -1.36. The predicted molar refractivity (Wildman–Crippen MR) is 39.3 cm³/mol. The van der Waals surface area contributed by atoms with Crippen LogP contribution < -0.4 is 0 Å². The number of rotatable bonds is 2. The minimum atomic E-state index is -2.73. The van der Waals surface area contributed by atoms with Gasteiger partial charge in [-0.15, -0.1) is 0 Å². The van der Waals surface area contributed by atoms with Crippen molar-refractivity contribution in [2.24, 2.45) is 0 Å². The van der Waals surface area contributed by atoms with Crippen LogP contribution in [-0.2, 0) is 0 Å². The maximum absolute atomic E-state index is 12.1. The summed E-state index contributed by atoms with van der Waals surface area (Å²) in [7, 11) is 0. The van der Waals surface area contributed by atoms with Crippen molar-refractivity contribution >= 4 is 6.29 Å². The summed E-state index contributed by atoms with van der Waals surface area (Å²) in [5.74, 6) is 0. The average Bonchev–Trinajstić information content (AvgIpc) is 2.16. The van der Waals surface area contributed by atoms with Crippen molar-refractivity contribution in [1.29, 1.82) is 5.26 Å². The number of aldehydes is 1. The number of aromatic nitrogens is 1. The first-order valence-electron chi connectivity index (χ1n) is 3.32. The molecular formula is C8H4F2N2O. The Bertz CT molecular complexity index is 371. The third-order valence-corrected chi connectivity index (χ3v) is 1.43. The average molecular weight is 182 g/mol. The summed E-state index contributed by atoms with van der Waals surface area (Å²) in [5.41, 5.74) is -0.561. The fourth-order valence-electron chi connectivity index (χ4n) is 0.792. The Balaban J connectivity index is 3.23. The number of carbonyl (C=O) groups excluding carboxylic acids is 1. The zero-order valence-corrected chi connectivity index (χ0v) is 6.37. The molecule has 0 fully saturated rings. The second kappa shape index (κ2) is 3.72. The highest BCUT2D eigenvalue weighted by Crippen LogP contribution is 2.17. The van der Waals surface area contributed by atoms with Crippen LogP contribution in [0.1, 0.15) is 28.0 Å². The smallest absolute Gasteiger partial charge is 0.280 e. The lowest BCUT2D eigenvalue weighted by Crippen LogP contribution is -1.95. The van der Waals surface area contributed by atoms with E-state index in [1.165, 1.54) is 0 Å². The molecule has 0 bridgehead atoms. The maximum atomic E-state index is 12.1. The number of nitriles is 1. The topological polar surface area (TPSA) is 53.8 Å². The van der Waals surface area contributed by atoms with Gasteiger partial charge in [0.1, 0.15) is 5.69 Å². The van der Waals surface area contributed by atoms with Gasteiger partial charge in [0.25, 0.3) is 6.43 Å². The van der Waals surface area contributed by atoms with E-state index >= 15 is 0 Å². The molecule has 0 unspecified atom stereocenters. The Morgan fingerprint density at radius 1 is 1.62 bits per heavy atom. The Morgan fingerprint density at radius 3 is 2.77 bits per heavy atom. The first kappa shape index (κ1) is 9.26. The number of carbonyl (C=O) groups is 1. The van der Waals surface area contributed by atoms with Crippen LogP contribution in [0.4, 0.5) is 8.78 Å². The molecule has 1 aromatic rings. The maximum Gasteiger partial charge on any atom is 0.280 e. The molecule has 1 heterocycles. The summed E-state index contributed by atoms with van der Waals surface area (Å²) in [5, 5.41) is 8.47. The molecule has 0 radical (unpaired) electrons. The lowest BCUT2D eigenvalue weighted by atomic mass is 10.1. The largest absolute Gasteiger partial charge is 0.298 e. The van der Waals surface area contributed by atoms with Crippen molar-refractivity contribution in [3.8, 4) is 6.07 Å². The molecule has 0 aliphatic heterocycles. The summed E-state index contributed by atoms with van der Waals surface area (Å²) >= 11 is 0. The van der Waals surface area contributed by atoms with Gasteiger partial charge in [-0.1, -0.05) is 0 Å². The van der Waals surface area contributed by atoms with Crippen molar-refractivity contribution in [3.05, 3.63) is 29.1 Å². The van der Waals surface area contributed by atoms with Gasteiger partial charge in [-0.25, -0.2) is 8.78 Å². The van der Waals surface area contributed by atoms with Crippen LogP contribution in [0.5, 0.6) is 0 Å². The third kappa shape index (κ3) is 1.85. The fraction of sp³-hybridized carbons (Fsp3) is 0.125. The quantitative estimate of drug-likeness (QED) is 0.654. The van der Waals surface area contributed by atoms with Gasteiger partial charge in [-0.2, -0.15) is 5.26 Å². The second-order valence-corrected chi connectivity index (χ2v) is 2.23. The second-order valence-electron chi connectivity index (χ2n) is 2.23. The van der Waals surface area contributed by atoms with E-state index in [9.17, 15) is 13.6 Å². The zero-order valence-electron chi connectivity index (χ0n) is 6.37. The molecule has 0 saturated heterocycles. The number of alkyl halides is 2. The Morgan fingerprint density at radius 2 is 2.31 bits per heavy atom. The summed E-state index contributed by atoms with van der Waals surface area (Å²) in [4.78, 5) is 13.6. The third-order valence-electron chi connectivity index (χ3n) is 1.43. The molecule has 5 heteroatoms. The lowest BCUT2D eigenvalue weighted by molar-refractivity contribution is 0.112. The molecule has 0 spiro atoms.